The number of nitrogens with zero attached hydrogens (tertiary/aromatic N) is 3. The Balaban J connectivity index is 1.84. The van der Waals surface area contributed by atoms with E-state index in [9.17, 15) is 4.79 Å². The third-order valence-electron chi connectivity index (χ3n) is 4.05. The molecule has 1 aromatic heterocycles. The first-order chi connectivity index (χ1) is 11.1. The van der Waals surface area contributed by atoms with Crippen LogP contribution >= 0.6 is 0 Å². The lowest BCUT2D eigenvalue weighted by molar-refractivity contribution is -0.118. The predicted molar refractivity (Wildman–Crippen MR) is 87.1 cm³/mol. The van der Waals surface area contributed by atoms with Gasteiger partial charge in [-0.15, -0.1) is 0 Å². The molecule has 1 aliphatic rings. The van der Waals surface area contributed by atoms with Crippen molar-refractivity contribution in [3.63, 3.8) is 0 Å². The zero-order valence-electron chi connectivity index (χ0n) is 13.7. The largest absolute Gasteiger partial charge is 0.497 e. The van der Waals surface area contributed by atoms with E-state index in [4.69, 9.17) is 9.47 Å². The van der Waals surface area contributed by atoms with E-state index in [2.05, 4.69) is 12.0 Å². The second kappa shape index (κ2) is 6.32. The summed E-state index contributed by atoms with van der Waals surface area (Å²) in [4.78, 5) is 14.5. The van der Waals surface area contributed by atoms with Crippen molar-refractivity contribution >= 4 is 11.6 Å². The molecule has 0 radical (unpaired) electrons. The van der Waals surface area contributed by atoms with Gasteiger partial charge in [0.25, 0.3) is 0 Å². The zero-order chi connectivity index (χ0) is 16.4. The number of methoxy groups -OCH3 is 1. The summed E-state index contributed by atoms with van der Waals surface area (Å²) in [6.07, 6.45) is 1.18. The van der Waals surface area contributed by atoms with Crippen molar-refractivity contribution in [3.8, 4) is 11.5 Å². The minimum Gasteiger partial charge on any atom is -0.497 e. The van der Waals surface area contributed by atoms with Crippen molar-refractivity contribution in [2.45, 2.75) is 19.8 Å². The number of carbonyl (C=O) groups excluding carboxylic acids is 1. The molecule has 0 saturated carbocycles. The molecular formula is C17H21N3O3. The lowest BCUT2D eigenvalue weighted by atomic mass is 10.2. The standard InChI is InChI=1S/C17H21N3O3/c1-4-12-9-13(19(2)18-12)10-17(21)20-7-8-23-16-6-5-14(22-3)11-15(16)20/h5-6,9,11H,4,7-8,10H2,1-3H3. The number of rotatable bonds is 4. The summed E-state index contributed by atoms with van der Waals surface area (Å²) in [6.45, 7) is 3.09. The molecule has 3 rings (SSSR count). The second-order valence-electron chi connectivity index (χ2n) is 5.51. The maximum absolute atomic E-state index is 12.8. The van der Waals surface area contributed by atoms with E-state index in [1.54, 1.807) is 16.7 Å². The zero-order valence-corrected chi connectivity index (χ0v) is 13.7. The van der Waals surface area contributed by atoms with E-state index in [-0.39, 0.29) is 5.91 Å². The molecule has 0 fully saturated rings. The molecule has 0 saturated heterocycles. The highest BCUT2D eigenvalue weighted by Gasteiger charge is 2.25. The Kier molecular flexibility index (Phi) is 4.23. The van der Waals surface area contributed by atoms with Crippen LogP contribution < -0.4 is 14.4 Å². The third kappa shape index (κ3) is 3.02. The predicted octanol–water partition coefficient (Wildman–Crippen LogP) is 1.96. The van der Waals surface area contributed by atoms with Crippen LogP contribution in [-0.2, 0) is 24.7 Å². The minimum atomic E-state index is 0.0356. The number of benzene rings is 1. The van der Waals surface area contributed by atoms with Gasteiger partial charge in [0.15, 0.2) is 0 Å². The monoisotopic (exact) mass is 315 g/mol. The molecule has 6 nitrogen and oxygen atoms in total. The van der Waals surface area contributed by atoms with Crippen LogP contribution in [0.4, 0.5) is 5.69 Å². The van der Waals surface area contributed by atoms with Crippen LogP contribution in [0.1, 0.15) is 18.3 Å². The van der Waals surface area contributed by atoms with Crippen molar-refractivity contribution in [1.29, 1.82) is 0 Å². The molecule has 6 heteroatoms. The number of amides is 1. The quantitative estimate of drug-likeness (QED) is 0.865. The van der Waals surface area contributed by atoms with Crippen LogP contribution in [0.25, 0.3) is 0 Å². The average molecular weight is 315 g/mol. The number of hydrogen-bond donors (Lipinski definition) is 0. The van der Waals surface area contributed by atoms with Crippen molar-refractivity contribution in [2.75, 3.05) is 25.2 Å². The molecule has 0 atom stereocenters. The highest BCUT2D eigenvalue weighted by Crippen LogP contribution is 2.35. The number of aromatic nitrogens is 2. The third-order valence-corrected chi connectivity index (χ3v) is 4.05. The van der Waals surface area contributed by atoms with Crippen molar-refractivity contribution in [2.24, 2.45) is 7.05 Å². The van der Waals surface area contributed by atoms with Gasteiger partial charge in [0.05, 0.1) is 31.5 Å². The smallest absolute Gasteiger partial charge is 0.233 e. The molecule has 2 heterocycles. The van der Waals surface area contributed by atoms with Crippen molar-refractivity contribution < 1.29 is 14.3 Å². The van der Waals surface area contributed by atoms with E-state index < -0.39 is 0 Å². The first-order valence-electron chi connectivity index (χ1n) is 7.75. The van der Waals surface area contributed by atoms with Crippen LogP contribution in [0.15, 0.2) is 24.3 Å². The molecule has 2 aromatic rings. The van der Waals surface area contributed by atoms with Gasteiger partial charge in [0.2, 0.25) is 5.91 Å². The topological polar surface area (TPSA) is 56.6 Å². The fraction of sp³-hybridized carbons (Fsp3) is 0.412. The van der Waals surface area contributed by atoms with Crippen molar-refractivity contribution in [3.05, 3.63) is 35.7 Å². The molecule has 1 aromatic carbocycles. The number of fused-ring (bicyclic) bond motifs is 1. The molecule has 0 unspecified atom stereocenters. The van der Waals surface area contributed by atoms with E-state index in [1.807, 2.05) is 31.3 Å². The van der Waals surface area contributed by atoms with Gasteiger partial charge in [-0.05, 0) is 24.6 Å². The fourth-order valence-corrected chi connectivity index (χ4v) is 2.74. The van der Waals surface area contributed by atoms with Gasteiger partial charge in [-0.3, -0.25) is 9.48 Å². The lowest BCUT2D eigenvalue weighted by Crippen LogP contribution is -2.39. The summed E-state index contributed by atoms with van der Waals surface area (Å²) in [5, 5.41) is 4.40. The average Bonchev–Trinajstić information content (AvgIpc) is 2.93. The summed E-state index contributed by atoms with van der Waals surface area (Å²) >= 11 is 0. The van der Waals surface area contributed by atoms with Gasteiger partial charge >= 0.3 is 0 Å². The Morgan fingerprint density at radius 3 is 2.91 bits per heavy atom. The van der Waals surface area contributed by atoms with E-state index in [1.165, 1.54) is 0 Å². The number of carbonyl (C=O) groups is 1. The van der Waals surface area contributed by atoms with Crippen LogP contribution in [0.3, 0.4) is 0 Å². The summed E-state index contributed by atoms with van der Waals surface area (Å²) < 4.78 is 12.7. The molecule has 0 spiro atoms. The van der Waals surface area contributed by atoms with E-state index in [0.717, 1.165) is 23.5 Å². The summed E-state index contributed by atoms with van der Waals surface area (Å²) in [5.41, 5.74) is 2.68. The Hall–Kier alpha value is -2.50. The highest BCUT2D eigenvalue weighted by atomic mass is 16.5. The van der Waals surface area contributed by atoms with Gasteiger partial charge in [0, 0.05) is 18.8 Å². The summed E-state index contributed by atoms with van der Waals surface area (Å²) in [7, 11) is 3.48. The molecule has 1 amide bonds. The maximum Gasteiger partial charge on any atom is 0.233 e. The van der Waals surface area contributed by atoms with Gasteiger partial charge in [0.1, 0.15) is 18.1 Å². The summed E-state index contributed by atoms with van der Waals surface area (Å²) in [5.74, 6) is 1.46. The van der Waals surface area contributed by atoms with Gasteiger partial charge in [-0.1, -0.05) is 6.92 Å². The molecular weight excluding hydrogens is 294 g/mol. The molecule has 0 bridgehead atoms. The van der Waals surface area contributed by atoms with E-state index >= 15 is 0 Å². The molecule has 1 aliphatic heterocycles. The van der Waals surface area contributed by atoms with Crippen LogP contribution in [0, 0.1) is 0 Å². The maximum atomic E-state index is 12.8. The van der Waals surface area contributed by atoms with Crippen LogP contribution in [0.5, 0.6) is 11.5 Å². The summed E-state index contributed by atoms with van der Waals surface area (Å²) in [6, 6.07) is 7.51. The first kappa shape index (κ1) is 15.4. The first-order valence-corrected chi connectivity index (χ1v) is 7.75. The minimum absolute atomic E-state index is 0.0356. The van der Waals surface area contributed by atoms with Gasteiger partial charge in [-0.25, -0.2) is 0 Å². The number of anilines is 1. The highest BCUT2D eigenvalue weighted by molar-refractivity contribution is 5.96. The van der Waals surface area contributed by atoms with Crippen molar-refractivity contribution in [1.82, 2.24) is 9.78 Å². The Morgan fingerprint density at radius 2 is 2.22 bits per heavy atom. The van der Waals surface area contributed by atoms with E-state index in [0.29, 0.717) is 31.1 Å². The van der Waals surface area contributed by atoms with Gasteiger partial charge in [-0.2, -0.15) is 5.10 Å². The molecule has 0 N–H and O–H groups in total. The second-order valence-corrected chi connectivity index (χ2v) is 5.51. The molecule has 23 heavy (non-hydrogen) atoms. The number of ether oxygens (including phenoxy) is 2. The molecule has 0 aliphatic carbocycles. The Labute approximate surface area is 135 Å². The number of aryl methyl sites for hydroxylation is 2. The lowest BCUT2D eigenvalue weighted by Gasteiger charge is -2.29. The number of hydrogen-bond acceptors (Lipinski definition) is 4. The SMILES string of the molecule is CCc1cc(CC(=O)N2CCOc3ccc(OC)cc32)n(C)n1. The van der Waals surface area contributed by atoms with Crippen LogP contribution in [0.2, 0.25) is 0 Å². The molecule has 122 valence electrons. The van der Waals surface area contributed by atoms with Crippen LogP contribution in [-0.4, -0.2) is 35.9 Å². The Morgan fingerprint density at radius 1 is 1.39 bits per heavy atom. The van der Waals surface area contributed by atoms with Gasteiger partial charge < -0.3 is 14.4 Å². The Bertz CT molecular complexity index is 724. The normalized spacial score (nSPS) is 13.4. The fourth-order valence-electron chi connectivity index (χ4n) is 2.74.